The number of nitrogens with one attached hydrogen (secondary N) is 1. The summed E-state index contributed by atoms with van der Waals surface area (Å²) in [5, 5.41) is 24.2. The van der Waals surface area contributed by atoms with Crippen molar-refractivity contribution in [1.82, 2.24) is 0 Å². The second-order valence-electron chi connectivity index (χ2n) is 4.24. The summed E-state index contributed by atoms with van der Waals surface area (Å²) in [6, 6.07) is 9.30. The van der Waals surface area contributed by atoms with Crippen molar-refractivity contribution < 1.29 is 14.8 Å². The minimum atomic E-state index is -0.496. The molecule has 2 N–H and O–H groups in total. The minimum absolute atomic E-state index is 0.00261. The summed E-state index contributed by atoms with van der Waals surface area (Å²) < 4.78 is 5.01. The maximum absolute atomic E-state index is 11.0. The molecule has 0 aliphatic heterocycles. The van der Waals surface area contributed by atoms with Crippen LogP contribution in [0, 0.1) is 10.1 Å². The third-order valence-electron chi connectivity index (χ3n) is 2.93. The molecule has 0 aromatic heterocycles. The zero-order valence-corrected chi connectivity index (χ0v) is 11.9. The molecule has 7 heteroatoms. The van der Waals surface area contributed by atoms with Gasteiger partial charge in [-0.25, -0.2) is 0 Å². The van der Waals surface area contributed by atoms with Crippen LogP contribution in [0.2, 0.25) is 5.02 Å². The van der Waals surface area contributed by atoms with Crippen LogP contribution >= 0.6 is 11.6 Å². The Kier molecular flexibility index (Phi) is 4.49. The van der Waals surface area contributed by atoms with Crippen LogP contribution in [-0.2, 0) is 6.54 Å². The Labute approximate surface area is 126 Å². The van der Waals surface area contributed by atoms with E-state index in [9.17, 15) is 15.2 Å². The average Bonchev–Trinajstić information content (AvgIpc) is 2.46. The van der Waals surface area contributed by atoms with E-state index in [1.165, 1.54) is 25.3 Å². The van der Waals surface area contributed by atoms with E-state index in [1.807, 2.05) is 0 Å². The number of phenolic OH excluding ortho intramolecular Hbond substituents is 1. The first-order valence-corrected chi connectivity index (χ1v) is 6.43. The molecule has 0 aliphatic carbocycles. The topological polar surface area (TPSA) is 84.6 Å². The lowest BCUT2D eigenvalue weighted by Crippen LogP contribution is -2.03. The summed E-state index contributed by atoms with van der Waals surface area (Å²) >= 11 is 5.85. The maximum atomic E-state index is 11.0. The molecule has 0 radical (unpaired) electrons. The van der Waals surface area contributed by atoms with Crippen molar-refractivity contribution in [2.45, 2.75) is 6.54 Å². The molecule has 0 spiro atoms. The van der Waals surface area contributed by atoms with E-state index in [1.54, 1.807) is 18.2 Å². The van der Waals surface area contributed by atoms with E-state index < -0.39 is 4.92 Å². The van der Waals surface area contributed by atoms with Crippen molar-refractivity contribution in [2.75, 3.05) is 12.4 Å². The van der Waals surface area contributed by atoms with Crippen molar-refractivity contribution in [2.24, 2.45) is 0 Å². The summed E-state index contributed by atoms with van der Waals surface area (Å²) in [5.74, 6) is 0.340. The smallest absolute Gasteiger partial charge is 0.292 e. The van der Waals surface area contributed by atoms with Crippen LogP contribution in [0.1, 0.15) is 5.56 Å². The number of nitro groups is 1. The second kappa shape index (κ2) is 6.32. The SMILES string of the molecule is COc1cccc(CNc2cc(Cl)ccc2[N+](=O)[O-])c1O. The first-order chi connectivity index (χ1) is 10.0. The largest absolute Gasteiger partial charge is 0.504 e. The highest BCUT2D eigenvalue weighted by molar-refractivity contribution is 6.31. The molecule has 2 aromatic rings. The standard InChI is InChI=1S/C14H13ClN2O4/c1-21-13-4-2-3-9(14(13)18)8-16-11-7-10(15)5-6-12(11)17(19)20/h2-7,16,18H,8H2,1H3. The molecule has 0 atom stereocenters. The van der Waals surface area contributed by atoms with E-state index in [2.05, 4.69) is 5.32 Å². The quantitative estimate of drug-likeness (QED) is 0.651. The van der Waals surface area contributed by atoms with Gasteiger partial charge in [0.25, 0.3) is 5.69 Å². The normalized spacial score (nSPS) is 10.2. The number of benzene rings is 2. The number of para-hydroxylation sites is 1. The van der Waals surface area contributed by atoms with E-state index in [0.717, 1.165) is 0 Å². The van der Waals surface area contributed by atoms with Crippen molar-refractivity contribution in [3.8, 4) is 11.5 Å². The van der Waals surface area contributed by atoms with Crippen molar-refractivity contribution >= 4 is 23.0 Å². The van der Waals surface area contributed by atoms with Gasteiger partial charge in [0.15, 0.2) is 11.5 Å². The van der Waals surface area contributed by atoms with Gasteiger partial charge in [-0.2, -0.15) is 0 Å². The summed E-state index contributed by atoms with van der Waals surface area (Å²) in [4.78, 5) is 10.5. The van der Waals surface area contributed by atoms with Crippen molar-refractivity contribution in [1.29, 1.82) is 0 Å². The molecule has 6 nitrogen and oxygen atoms in total. The number of nitrogens with zero attached hydrogens (tertiary/aromatic N) is 1. The number of halogens is 1. The fourth-order valence-corrected chi connectivity index (χ4v) is 2.05. The lowest BCUT2D eigenvalue weighted by Gasteiger charge is -2.11. The fourth-order valence-electron chi connectivity index (χ4n) is 1.87. The van der Waals surface area contributed by atoms with Gasteiger partial charge in [0, 0.05) is 23.2 Å². The van der Waals surface area contributed by atoms with Gasteiger partial charge in [-0.15, -0.1) is 0 Å². The first-order valence-electron chi connectivity index (χ1n) is 6.05. The van der Waals surface area contributed by atoms with Crippen LogP contribution in [0.15, 0.2) is 36.4 Å². The number of hydrogen-bond acceptors (Lipinski definition) is 5. The van der Waals surface area contributed by atoms with E-state index >= 15 is 0 Å². The van der Waals surface area contributed by atoms with Gasteiger partial charge in [0.05, 0.1) is 12.0 Å². The van der Waals surface area contributed by atoms with Gasteiger partial charge in [0.1, 0.15) is 5.69 Å². The van der Waals surface area contributed by atoms with Gasteiger partial charge >= 0.3 is 0 Å². The third-order valence-corrected chi connectivity index (χ3v) is 3.16. The Balaban J connectivity index is 2.24. The predicted octanol–water partition coefficient (Wildman–Crippen LogP) is 3.57. The molecule has 2 aromatic carbocycles. The molecular weight excluding hydrogens is 296 g/mol. The van der Waals surface area contributed by atoms with Crippen LogP contribution in [-0.4, -0.2) is 17.1 Å². The Bertz CT molecular complexity index is 676. The molecule has 0 saturated heterocycles. The van der Waals surface area contributed by atoms with E-state index in [-0.39, 0.29) is 23.7 Å². The fraction of sp³-hybridized carbons (Fsp3) is 0.143. The van der Waals surface area contributed by atoms with Gasteiger partial charge < -0.3 is 15.2 Å². The van der Waals surface area contributed by atoms with E-state index in [4.69, 9.17) is 16.3 Å². The van der Waals surface area contributed by atoms with Crippen LogP contribution in [0.5, 0.6) is 11.5 Å². The molecule has 110 valence electrons. The Morgan fingerprint density at radius 2 is 2.14 bits per heavy atom. The highest BCUT2D eigenvalue weighted by Gasteiger charge is 2.14. The zero-order chi connectivity index (χ0) is 15.4. The molecule has 2 rings (SSSR count). The van der Waals surface area contributed by atoms with Crippen LogP contribution in [0.4, 0.5) is 11.4 Å². The number of ether oxygens (including phenoxy) is 1. The second-order valence-corrected chi connectivity index (χ2v) is 4.68. The number of methoxy groups -OCH3 is 1. The molecule has 0 heterocycles. The molecular formula is C14H13ClN2O4. The zero-order valence-electron chi connectivity index (χ0n) is 11.2. The summed E-state index contributed by atoms with van der Waals surface area (Å²) in [6.07, 6.45) is 0. The molecule has 0 fully saturated rings. The molecule has 0 aliphatic rings. The number of anilines is 1. The summed E-state index contributed by atoms with van der Waals surface area (Å²) in [5.41, 5.74) is 0.764. The highest BCUT2D eigenvalue weighted by atomic mass is 35.5. The summed E-state index contributed by atoms with van der Waals surface area (Å²) in [6.45, 7) is 0.199. The van der Waals surface area contributed by atoms with E-state index in [0.29, 0.717) is 16.3 Å². The molecule has 0 bridgehead atoms. The third kappa shape index (κ3) is 3.35. The minimum Gasteiger partial charge on any atom is -0.504 e. The predicted molar refractivity (Wildman–Crippen MR) is 80.1 cm³/mol. The number of nitro benzene ring substituents is 1. The first kappa shape index (κ1) is 14.9. The lowest BCUT2D eigenvalue weighted by molar-refractivity contribution is -0.384. The summed E-state index contributed by atoms with van der Waals surface area (Å²) in [7, 11) is 1.45. The molecule has 0 amide bonds. The van der Waals surface area contributed by atoms with Crippen molar-refractivity contribution in [3.63, 3.8) is 0 Å². The Morgan fingerprint density at radius 1 is 1.38 bits per heavy atom. The molecule has 0 unspecified atom stereocenters. The van der Waals surface area contributed by atoms with Gasteiger partial charge in [-0.05, 0) is 18.2 Å². The Hall–Kier alpha value is -2.47. The van der Waals surface area contributed by atoms with Crippen LogP contribution in [0.3, 0.4) is 0 Å². The highest BCUT2D eigenvalue weighted by Crippen LogP contribution is 2.32. The van der Waals surface area contributed by atoms with Gasteiger partial charge in [-0.1, -0.05) is 23.7 Å². The number of aromatic hydroxyl groups is 1. The van der Waals surface area contributed by atoms with Gasteiger partial charge in [-0.3, -0.25) is 10.1 Å². The maximum Gasteiger partial charge on any atom is 0.292 e. The van der Waals surface area contributed by atoms with Crippen LogP contribution < -0.4 is 10.1 Å². The lowest BCUT2D eigenvalue weighted by atomic mass is 10.1. The number of hydrogen-bond donors (Lipinski definition) is 2. The number of rotatable bonds is 5. The Morgan fingerprint density at radius 3 is 2.81 bits per heavy atom. The molecule has 0 saturated carbocycles. The average molecular weight is 309 g/mol. The van der Waals surface area contributed by atoms with Gasteiger partial charge in [0.2, 0.25) is 0 Å². The van der Waals surface area contributed by atoms with Crippen molar-refractivity contribution in [3.05, 3.63) is 57.1 Å². The van der Waals surface area contributed by atoms with Crippen LogP contribution in [0.25, 0.3) is 0 Å². The number of phenols is 1. The monoisotopic (exact) mass is 308 g/mol. The molecule has 21 heavy (non-hydrogen) atoms.